The molecule has 8 atom stereocenters. The second-order valence-electron chi connectivity index (χ2n) is 11.3. The van der Waals surface area contributed by atoms with Crippen LogP contribution in [0.1, 0.15) is 92.9 Å². The molecule has 0 saturated heterocycles. The zero-order valence-electron chi connectivity index (χ0n) is 20.2. The van der Waals surface area contributed by atoms with E-state index in [9.17, 15) is 14.4 Å². The Morgan fingerprint density at radius 1 is 0.935 bits per heavy atom. The van der Waals surface area contributed by atoms with E-state index in [1.165, 1.54) is 13.8 Å². The van der Waals surface area contributed by atoms with Crippen LogP contribution in [0.3, 0.4) is 0 Å². The summed E-state index contributed by atoms with van der Waals surface area (Å²) in [5, 5.41) is 0. The van der Waals surface area contributed by atoms with Crippen LogP contribution in [-0.4, -0.2) is 36.0 Å². The summed E-state index contributed by atoms with van der Waals surface area (Å²) in [6.45, 7) is 12.0. The summed E-state index contributed by atoms with van der Waals surface area (Å²) < 4.78 is 11.6. The van der Waals surface area contributed by atoms with Crippen LogP contribution in [0, 0.1) is 28.1 Å². The van der Waals surface area contributed by atoms with E-state index in [0.29, 0.717) is 25.2 Å². The van der Waals surface area contributed by atoms with Crippen LogP contribution in [0.15, 0.2) is 0 Å². The van der Waals surface area contributed by atoms with Crippen LogP contribution in [0.2, 0.25) is 0 Å². The van der Waals surface area contributed by atoms with Crippen molar-refractivity contribution in [1.29, 1.82) is 0 Å². The highest BCUT2D eigenvalue weighted by Gasteiger charge is 2.70. The summed E-state index contributed by atoms with van der Waals surface area (Å²) in [6, 6.07) is 0. The predicted molar refractivity (Wildman–Crippen MR) is 118 cm³/mol. The van der Waals surface area contributed by atoms with E-state index in [2.05, 4.69) is 27.7 Å². The van der Waals surface area contributed by atoms with E-state index < -0.39 is 17.1 Å². The number of hydrogen-bond acceptors (Lipinski definition) is 6. The van der Waals surface area contributed by atoms with E-state index in [1.807, 2.05) is 0 Å². The third kappa shape index (κ3) is 3.63. The Balaban J connectivity index is 2.04. The standard InChI is InChI=1S/C25H41NO5/c1-16-7-10-24(6)21(31-18(3)29)25(26,13-12-22(16,24)4)23(5)11-8-20(30-17(2)28)15-19(23)9-14-27/h14,16,19-21H,7-13,15,26H2,1-6H3/t16?,19-,20?,21-,22?,23-,24-,25+/m0/s1. The van der Waals surface area contributed by atoms with Crippen LogP contribution in [0.4, 0.5) is 0 Å². The van der Waals surface area contributed by atoms with Gasteiger partial charge in [-0.1, -0.05) is 27.7 Å². The lowest BCUT2D eigenvalue weighted by Crippen LogP contribution is -2.74. The first kappa shape index (κ1) is 24.2. The average Bonchev–Trinajstić information content (AvgIpc) is 2.92. The minimum atomic E-state index is -0.744. The number of esters is 2. The summed E-state index contributed by atoms with van der Waals surface area (Å²) in [5.74, 6) is -0.0788. The first-order chi connectivity index (χ1) is 14.3. The average molecular weight is 436 g/mol. The fourth-order valence-electron chi connectivity index (χ4n) is 7.59. The van der Waals surface area contributed by atoms with Crippen molar-refractivity contribution in [2.75, 3.05) is 0 Å². The molecule has 6 nitrogen and oxygen atoms in total. The minimum Gasteiger partial charge on any atom is -0.463 e. The lowest BCUT2D eigenvalue weighted by molar-refractivity contribution is -0.208. The van der Waals surface area contributed by atoms with Gasteiger partial charge in [-0.15, -0.1) is 0 Å². The molecule has 0 spiro atoms. The Labute approximate surface area is 187 Å². The van der Waals surface area contributed by atoms with Gasteiger partial charge < -0.3 is 20.0 Å². The third-order valence-electron chi connectivity index (χ3n) is 10.1. The van der Waals surface area contributed by atoms with Crippen molar-refractivity contribution in [3.8, 4) is 0 Å². The van der Waals surface area contributed by atoms with Crippen LogP contribution < -0.4 is 5.73 Å². The molecule has 0 aromatic rings. The van der Waals surface area contributed by atoms with Crippen molar-refractivity contribution in [2.45, 2.75) is 111 Å². The summed E-state index contributed by atoms with van der Waals surface area (Å²) in [6.07, 6.45) is 6.59. The molecule has 0 radical (unpaired) electrons. The molecule has 31 heavy (non-hydrogen) atoms. The number of fused-ring (bicyclic) bond motifs is 1. The smallest absolute Gasteiger partial charge is 0.302 e. The molecular formula is C25H41NO5. The molecule has 0 aromatic heterocycles. The lowest BCUT2D eigenvalue weighted by atomic mass is 9.44. The molecule has 3 aliphatic rings. The molecule has 0 bridgehead atoms. The first-order valence-electron chi connectivity index (χ1n) is 11.9. The van der Waals surface area contributed by atoms with Crippen molar-refractivity contribution in [2.24, 2.45) is 33.8 Å². The van der Waals surface area contributed by atoms with Gasteiger partial charge in [-0.25, -0.2) is 0 Å². The van der Waals surface area contributed by atoms with Gasteiger partial charge in [0.05, 0.1) is 5.54 Å². The molecule has 3 unspecified atom stereocenters. The Bertz CT molecular complexity index is 739. The van der Waals surface area contributed by atoms with Gasteiger partial charge in [-0.3, -0.25) is 9.59 Å². The van der Waals surface area contributed by atoms with E-state index in [4.69, 9.17) is 15.2 Å². The predicted octanol–water partition coefficient (Wildman–Crippen LogP) is 4.18. The number of nitrogens with two attached hydrogens (primary N) is 1. The largest absolute Gasteiger partial charge is 0.463 e. The van der Waals surface area contributed by atoms with Crippen molar-refractivity contribution in [1.82, 2.24) is 0 Å². The molecule has 0 aliphatic heterocycles. The Kier molecular flexibility index (Phi) is 6.38. The summed E-state index contributed by atoms with van der Waals surface area (Å²) >= 11 is 0. The van der Waals surface area contributed by atoms with Crippen LogP contribution in [0.25, 0.3) is 0 Å². The lowest BCUT2D eigenvalue weighted by Gasteiger charge is -2.65. The van der Waals surface area contributed by atoms with Gasteiger partial charge in [-0.2, -0.15) is 0 Å². The fraction of sp³-hybridized carbons (Fsp3) is 0.880. The number of ether oxygens (including phenoxy) is 2. The first-order valence-corrected chi connectivity index (χ1v) is 11.9. The van der Waals surface area contributed by atoms with E-state index in [1.54, 1.807) is 0 Å². The van der Waals surface area contributed by atoms with Gasteiger partial charge >= 0.3 is 11.9 Å². The molecule has 6 heteroatoms. The number of aldehydes is 1. The number of carbonyl (C=O) groups excluding carboxylic acids is 3. The Morgan fingerprint density at radius 2 is 1.55 bits per heavy atom. The SMILES string of the molecule is CC(=O)OC1CC[C@](C)([C@@]2(N)CCC3(C)C(C)CC[C@@]3(C)[C@@H]2OC(C)=O)[C@@H](CC=O)C1. The van der Waals surface area contributed by atoms with Crippen LogP contribution in [0.5, 0.6) is 0 Å². The maximum Gasteiger partial charge on any atom is 0.302 e. The molecule has 0 amide bonds. The minimum absolute atomic E-state index is 0.0297. The van der Waals surface area contributed by atoms with Gasteiger partial charge in [0.15, 0.2) is 0 Å². The normalized spacial score (nSPS) is 47.3. The third-order valence-corrected chi connectivity index (χ3v) is 10.1. The second-order valence-corrected chi connectivity index (χ2v) is 11.3. The quantitative estimate of drug-likeness (QED) is 0.514. The Hall–Kier alpha value is -1.43. The van der Waals surface area contributed by atoms with Crippen LogP contribution >= 0.6 is 0 Å². The highest BCUT2D eigenvalue weighted by molar-refractivity contribution is 5.67. The summed E-state index contributed by atoms with van der Waals surface area (Å²) in [5.41, 5.74) is 6.07. The number of hydrogen-bond donors (Lipinski definition) is 1. The highest BCUT2D eigenvalue weighted by atomic mass is 16.5. The van der Waals surface area contributed by atoms with Gasteiger partial charge in [0, 0.05) is 25.7 Å². The molecule has 3 rings (SSSR count). The van der Waals surface area contributed by atoms with Gasteiger partial charge in [0.1, 0.15) is 18.5 Å². The molecule has 3 fully saturated rings. The molecule has 3 aliphatic carbocycles. The second kappa shape index (κ2) is 8.17. The maximum atomic E-state index is 12.3. The molecule has 0 heterocycles. The molecule has 0 aromatic carbocycles. The van der Waals surface area contributed by atoms with Crippen molar-refractivity contribution in [3.05, 3.63) is 0 Å². The van der Waals surface area contributed by atoms with Crippen molar-refractivity contribution in [3.63, 3.8) is 0 Å². The zero-order chi connectivity index (χ0) is 23.2. The van der Waals surface area contributed by atoms with E-state index >= 15 is 0 Å². The van der Waals surface area contributed by atoms with Gasteiger partial charge in [0.25, 0.3) is 0 Å². The monoisotopic (exact) mass is 435 g/mol. The zero-order valence-corrected chi connectivity index (χ0v) is 20.2. The number of carbonyl (C=O) groups is 3. The maximum absolute atomic E-state index is 12.3. The Morgan fingerprint density at radius 3 is 2.13 bits per heavy atom. The molecule has 176 valence electrons. The van der Waals surface area contributed by atoms with E-state index in [-0.39, 0.29) is 34.8 Å². The highest BCUT2D eigenvalue weighted by Crippen LogP contribution is 2.68. The van der Waals surface area contributed by atoms with Gasteiger partial charge in [-0.05, 0) is 67.6 Å². The van der Waals surface area contributed by atoms with Crippen molar-refractivity contribution < 1.29 is 23.9 Å². The van der Waals surface area contributed by atoms with Crippen LogP contribution in [-0.2, 0) is 23.9 Å². The fourth-order valence-corrected chi connectivity index (χ4v) is 7.59. The summed E-state index contributed by atoms with van der Waals surface area (Å²) in [4.78, 5) is 35.5. The number of rotatable bonds is 5. The van der Waals surface area contributed by atoms with Gasteiger partial charge in [0.2, 0.25) is 0 Å². The van der Waals surface area contributed by atoms with E-state index in [0.717, 1.165) is 38.4 Å². The summed E-state index contributed by atoms with van der Waals surface area (Å²) in [7, 11) is 0. The molecule has 3 saturated carbocycles. The molecule has 2 N–H and O–H groups in total. The molecular weight excluding hydrogens is 394 g/mol. The van der Waals surface area contributed by atoms with Crippen molar-refractivity contribution >= 4 is 18.2 Å². The topological polar surface area (TPSA) is 95.7 Å².